The standard InChI is InChI=1S/C12H12N2O2S.ClH/c1-7-10(12(15)16)17-11(14-7)9-5-3-2-4-8(9)6-13;/h2-5H,6,13H2,1H3,(H,15,16);1H. The van der Waals surface area contributed by atoms with Crippen LogP contribution >= 0.6 is 23.7 Å². The third-order valence-electron chi connectivity index (χ3n) is 2.46. The zero-order valence-electron chi connectivity index (χ0n) is 9.71. The van der Waals surface area contributed by atoms with E-state index in [0.717, 1.165) is 11.1 Å². The molecule has 96 valence electrons. The first-order valence-electron chi connectivity index (χ1n) is 5.12. The Labute approximate surface area is 115 Å². The molecule has 0 amide bonds. The van der Waals surface area contributed by atoms with Gasteiger partial charge in [-0.2, -0.15) is 0 Å². The first-order valence-corrected chi connectivity index (χ1v) is 5.94. The van der Waals surface area contributed by atoms with Gasteiger partial charge in [-0.3, -0.25) is 0 Å². The molecule has 4 nitrogen and oxygen atoms in total. The number of rotatable bonds is 3. The molecule has 0 aliphatic heterocycles. The molecule has 0 aliphatic rings. The van der Waals surface area contributed by atoms with Gasteiger partial charge in [-0.1, -0.05) is 24.3 Å². The van der Waals surface area contributed by atoms with E-state index in [-0.39, 0.29) is 17.3 Å². The number of nitrogens with two attached hydrogens (primary N) is 1. The number of aryl methyl sites for hydroxylation is 1. The number of nitrogens with zero attached hydrogens (tertiary/aromatic N) is 1. The zero-order valence-corrected chi connectivity index (χ0v) is 11.3. The molecule has 0 saturated carbocycles. The highest BCUT2D eigenvalue weighted by atomic mass is 35.5. The molecule has 2 aromatic rings. The molecule has 1 heterocycles. The number of carboxylic acid groups (broad SMARTS) is 1. The zero-order chi connectivity index (χ0) is 12.4. The number of aromatic nitrogens is 1. The van der Waals surface area contributed by atoms with Gasteiger partial charge in [0.25, 0.3) is 0 Å². The van der Waals surface area contributed by atoms with Gasteiger partial charge in [-0.25, -0.2) is 9.78 Å². The van der Waals surface area contributed by atoms with Crippen molar-refractivity contribution < 1.29 is 9.90 Å². The topological polar surface area (TPSA) is 76.2 Å². The second-order valence-electron chi connectivity index (χ2n) is 3.60. The fourth-order valence-electron chi connectivity index (χ4n) is 1.62. The Morgan fingerprint density at radius 2 is 2.11 bits per heavy atom. The predicted molar refractivity (Wildman–Crippen MR) is 74.4 cm³/mol. The molecule has 0 spiro atoms. The lowest BCUT2D eigenvalue weighted by Crippen LogP contribution is -1.98. The van der Waals surface area contributed by atoms with Gasteiger partial charge in [0.05, 0.1) is 5.69 Å². The van der Waals surface area contributed by atoms with E-state index in [9.17, 15) is 4.79 Å². The maximum atomic E-state index is 11.0. The Morgan fingerprint density at radius 3 is 2.67 bits per heavy atom. The van der Waals surface area contributed by atoms with E-state index in [4.69, 9.17) is 10.8 Å². The van der Waals surface area contributed by atoms with Crippen LogP contribution in [0.15, 0.2) is 24.3 Å². The van der Waals surface area contributed by atoms with E-state index in [1.54, 1.807) is 6.92 Å². The fraction of sp³-hybridized carbons (Fsp3) is 0.167. The first kappa shape index (κ1) is 14.6. The third kappa shape index (κ3) is 2.69. The number of hydrogen-bond acceptors (Lipinski definition) is 4. The quantitative estimate of drug-likeness (QED) is 0.908. The Bertz CT molecular complexity index is 569. The van der Waals surface area contributed by atoms with Gasteiger partial charge < -0.3 is 10.8 Å². The molecule has 0 unspecified atom stereocenters. The van der Waals surface area contributed by atoms with Crippen molar-refractivity contribution in [3.8, 4) is 10.6 Å². The van der Waals surface area contributed by atoms with E-state index >= 15 is 0 Å². The summed E-state index contributed by atoms with van der Waals surface area (Å²) in [4.78, 5) is 15.5. The molecule has 3 N–H and O–H groups in total. The largest absolute Gasteiger partial charge is 0.477 e. The van der Waals surface area contributed by atoms with Gasteiger partial charge in [0.15, 0.2) is 0 Å². The second-order valence-corrected chi connectivity index (χ2v) is 4.60. The van der Waals surface area contributed by atoms with Crippen molar-refractivity contribution in [1.82, 2.24) is 4.98 Å². The highest BCUT2D eigenvalue weighted by Gasteiger charge is 2.16. The Morgan fingerprint density at radius 1 is 1.44 bits per heavy atom. The van der Waals surface area contributed by atoms with Gasteiger partial charge in [-0.15, -0.1) is 23.7 Å². The SMILES string of the molecule is Cc1nc(-c2ccccc2CN)sc1C(=O)O.Cl. The summed E-state index contributed by atoms with van der Waals surface area (Å²) in [6.07, 6.45) is 0. The van der Waals surface area contributed by atoms with Crippen molar-refractivity contribution in [2.45, 2.75) is 13.5 Å². The number of aromatic carboxylic acids is 1. The summed E-state index contributed by atoms with van der Waals surface area (Å²) in [6.45, 7) is 2.12. The third-order valence-corrected chi connectivity index (χ3v) is 3.64. The summed E-state index contributed by atoms with van der Waals surface area (Å²) in [6, 6.07) is 7.63. The monoisotopic (exact) mass is 284 g/mol. The molecule has 0 atom stereocenters. The summed E-state index contributed by atoms with van der Waals surface area (Å²) in [5, 5.41) is 9.71. The second kappa shape index (κ2) is 5.95. The molecular weight excluding hydrogens is 272 g/mol. The van der Waals surface area contributed by atoms with E-state index in [2.05, 4.69) is 4.98 Å². The molecule has 0 saturated heterocycles. The number of carboxylic acids is 1. The van der Waals surface area contributed by atoms with Crippen LogP contribution in [0.2, 0.25) is 0 Å². The highest BCUT2D eigenvalue weighted by molar-refractivity contribution is 7.17. The van der Waals surface area contributed by atoms with Crippen molar-refractivity contribution in [3.63, 3.8) is 0 Å². The van der Waals surface area contributed by atoms with Gasteiger partial charge >= 0.3 is 5.97 Å². The predicted octanol–water partition coefficient (Wildman–Crippen LogP) is 2.70. The van der Waals surface area contributed by atoms with Crippen molar-refractivity contribution in [1.29, 1.82) is 0 Å². The Balaban J connectivity index is 0.00000162. The fourth-order valence-corrected chi connectivity index (χ4v) is 2.58. The molecule has 1 aromatic heterocycles. The molecule has 6 heteroatoms. The van der Waals surface area contributed by atoms with Crippen LogP contribution in [-0.2, 0) is 6.54 Å². The summed E-state index contributed by atoms with van der Waals surface area (Å²) in [7, 11) is 0. The van der Waals surface area contributed by atoms with Crippen LogP contribution in [0.25, 0.3) is 10.6 Å². The lowest BCUT2D eigenvalue weighted by molar-refractivity contribution is 0.0701. The summed E-state index contributed by atoms with van der Waals surface area (Å²) < 4.78 is 0. The van der Waals surface area contributed by atoms with E-state index in [0.29, 0.717) is 17.2 Å². The van der Waals surface area contributed by atoms with Gasteiger partial charge in [0, 0.05) is 12.1 Å². The van der Waals surface area contributed by atoms with Crippen LogP contribution < -0.4 is 5.73 Å². The molecule has 1 aromatic carbocycles. The van der Waals surface area contributed by atoms with Crippen LogP contribution in [-0.4, -0.2) is 16.1 Å². The molecule has 0 radical (unpaired) electrons. The first-order chi connectivity index (χ1) is 8.13. The molecule has 2 rings (SSSR count). The van der Waals surface area contributed by atoms with Gasteiger partial charge in [0.2, 0.25) is 0 Å². The normalized spacial score (nSPS) is 9.89. The number of thiazole rings is 1. The Hall–Kier alpha value is -1.43. The van der Waals surface area contributed by atoms with Crippen molar-refractivity contribution >= 4 is 29.7 Å². The number of hydrogen-bond donors (Lipinski definition) is 2. The van der Waals surface area contributed by atoms with Crippen LogP contribution in [0.5, 0.6) is 0 Å². The van der Waals surface area contributed by atoms with Crippen LogP contribution in [0, 0.1) is 6.92 Å². The maximum absolute atomic E-state index is 11.0. The van der Waals surface area contributed by atoms with Crippen molar-refractivity contribution in [3.05, 3.63) is 40.4 Å². The molecule has 18 heavy (non-hydrogen) atoms. The van der Waals surface area contributed by atoms with E-state index in [1.807, 2.05) is 24.3 Å². The van der Waals surface area contributed by atoms with Crippen molar-refractivity contribution in [2.24, 2.45) is 5.73 Å². The van der Waals surface area contributed by atoms with Gasteiger partial charge in [-0.05, 0) is 12.5 Å². The maximum Gasteiger partial charge on any atom is 0.347 e. The molecule has 0 fully saturated rings. The summed E-state index contributed by atoms with van der Waals surface area (Å²) in [5.41, 5.74) is 8.08. The molecule has 0 bridgehead atoms. The highest BCUT2D eigenvalue weighted by Crippen LogP contribution is 2.30. The van der Waals surface area contributed by atoms with Crippen LogP contribution in [0.3, 0.4) is 0 Å². The Kier molecular flexibility index (Phi) is 4.84. The van der Waals surface area contributed by atoms with E-state index in [1.165, 1.54) is 11.3 Å². The van der Waals surface area contributed by atoms with E-state index < -0.39 is 5.97 Å². The lowest BCUT2D eigenvalue weighted by atomic mass is 10.1. The van der Waals surface area contributed by atoms with Crippen molar-refractivity contribution in [2.75, 3.05) is 0 Å². The number of benzene rings is 1. The van der Waals surface area contributed by atoms with Crippen LogP contribution in [0.1, 0.15) is 20.9 Å². The summed E-state index contributed by atoms with van der Waals surface area (Å²) in [5.74, 6) is -0.934. The molecule has 0 aliphatic carbocycles. The minimum absolute atomic E-state index is 0. The average molecular weight is 285 g/mol. The minimum atomic E-state index is -0.934. The van der Waals surface area contributed by atoms with Gasteiger partial charge in [0.1, 0.15) is 9.88 Å². The van der Waals surface area contributed by atoms with Crippen LogP contribution in [0.4, 0.5) is 0 Å². The average Bonchev–Trinajstić information content (AvgIpc) is 2.71. The lowest BCUT2D eigenvalue weighted by Gasteiger charge is -2.03. The smallest absolute Gasteiger partial charge is 0.347 e. The molecular formula is C12H13ClN2O2S. The number of carbonyl (C=O) groups is 1. The number of halogens is 1. The minimum Gasteiger partial charge on any atom is -0.477 e. The summed E-state index contributed by atoms with van der Waals surface area (Å²) >= 11 is 1.18.